The lowest BCUT2D eigenvalue weighted by Gasteiger charge is -2.24. The molecule has 0 spiro atoms. The summed E-state index contributed by atoms with van der Waals surface area (Å²) in [6.45, 7) is 15.4. The molecule has 1 aromatic rings. The summed E-state index contributed by atoms with van der Waals surface area (Å²) >= 11 is 0. The third-order valence-electron chi connectivity index (χ3n) is 3.46. The fourth-order valence-corrected chi connectivity index (χ4v) is 1.96. The van der Waals surface area contributed by atoms with Gasteiger partial charge in [0.15, 0.2) is 5.75 Å². The molecular formula is C19H29NO4. The Morgan fingerprint density at radius 2 is 1.67 bits per heavy atom. The summed E-state index contributed by atoms with van der Waals surface area (Å²) in [5, 5.41) is 2.68. The summed E-state index contributed by atoms with van der Waals surface area (Å²) in [7, 11) is 0. The molecule has 1 aromatic carbocycles. The van der Waals surface area contributed by atoms with E-state index >= 15 is 0 Å². The molecule has 0 saturated carbocycles. The maximum absolute atomic E-state index is 12.3. The monoisotopic (exact) mass is 335 g/mol. The van der Waals surface area contributed by atoms with Gasteiger partial charge in [-0.2, -0.15) is 0 Å². The van der Waals surface area contributed by atoms with Crippen molar-refractivity contribution in [3.63, 3.8) is 0 Å². The Balaban J connectivity index is 3.34. The molecule has 0 aliphatic heterocycles. The van der Waals surface area contributed by atoms with Gasteiger partial charge in [-0.15, -0.1) is 0 Å². The molecule has 0 heterocycles. The Morgan fingerprint density at radius 3 is 2.12 bits per heavy atom. The molecular weight excluding hydrogens is 306 g/mol. The van der Waals surface area contributed by atoms with Crippen molar-refractivity contribution < 1.29 is 19.1 Å². The molecule has 0 bridgehead atoms. The Bertz CT molecular complexity index is 621. The molecule has 0 saturated heterocycles. The second-order valence-electron chi connectivity index (χ2n) is 7.90. The van der Waals surface area contributed by atoms with Crippen LogP contribution in [0.5, 0.6) is 5.75 Å². The quantitative estimate of drug-likeness (QED) is 0.636. The lowest BCUT2D eigenvalue weighted by Crippen LogP contribution is -2.27. The van der Waals surface area contributed by atoms with Gasteiger partial charge in [0.2, 0.25) is 0 Å². The van der Waals surface area contributed by atoms with E-state index in [4.69, 9.17) is 9.47 Å². The van der Waals surface area contributed by atoms with Crippen LogP contribution in [0.4, 0.5) is 10.5 Å². The third-order valence-corrected chi connectivity index (χ3v) is 3.46. The first-order chi connectivity index (χ1) is 10.9. The van der Waals surface area contributed by atoms with Crippen molar-refractivity contribution in [1.82, 2.24) is 0 Å². The maximum atomic E-state index is 12.3. The highest BCUT2D eigenvalue weighted by molar-refractivity contribution is 5.89. The molecule has 1 rings (SSSR count). The van der Waals surface area contributed by atoms with Gasteiger partial charge in [-0.05, 0) is 57.2 Å². The number of benzene rings is 1. The molecule has 0 fully saturated rings. The molecule has 24 heavy (non-hydrogen) atoms. The summed E-state index contributed by atoms with van der Waals surface area (Å²) in [5.41, 5.74) is 1.50. The number of rotatable bonds is 3. The number of carbonyl (C=O) groups excluding carboxylic acids is 2. The van der Waals surface area contributed by atoms with Crippen molar-refractivity contribution >= 4 is 17.7 Å². The molecule has 5 heteroatoms. The van der Waals surface area contributed by atoms with E-state index in [1.807, 2.05) is 19.1 Å². The van der Waals surface area contributed by atoms with Gasteiger partial charge in [0.05, 0.1) is 17.7 Å². The Labute approximate surface area is 144 Å². The lowest BCUT2D eigenvalue weighted by atomic mass is 9.85. The van der Waals surface area contributed by atoms with E-state index in [1.54, 1.807) is 27.7 Å². The Hall–Kier alpha value is -2.04. The predicted octanol–water partition coefficient (Wildman–Crippen LogP) is 4.81. The van der Waals surface area contributed by atoms with Crippen LogP contribution in [0.15, 0.2) is 12.1 Å². The molecule has 5 nitrogen and oxygen atoms in total. The first kappa shape index (κ1) is 20.0. The highest BCUT2D eigenvalue weighted by Gasteiger charge is 2.27. The van der Waals surface area contributed by atoms with Gasteiger partial charge in [-0.3, -0.25) is 10.1 Å². The number of hydrogen-bond acceptors (Lipinski definition) is 4. The second kappa shape index (κ2) is 7.24. The predicted molar refractivity (Wildman–Crippen MR) is 95.6 cm³/mol. The van der Waals surface area contributed by atoms with Crippen LogP contribution < -0.4 is 10.1 Å². The second-order valence-corrected chi connectivity index (χ2v) is 7.90. The molecule has 0 unspecified atom stereocenters. The largest absolute Gasteiger partial charge is 0.450 e. The number of aryl methyl sites for hydroxylation is 1. The van der Waals surface area contributed by atoms with E-state index in [1.165, 1.54) is 0 Å². The van der Waals surface area contributed by atoms with Crippen LogP contribution in [-0.4, -0.2) is 18.7 Å². The van der Waals surface area contributed by atoms with Crippen molar-refractivity contribution in [3.8, 4) is 5.75 Å². The van der Waals surface area contributed by atoms with E-state index < -0.39 is 11.5 Å². The van der Waals surface area contributed by atoms with E-state index in [0.717, 1.165) is 11.1 Å². The minimum atomic E-state index is -0.643. The number of amides is 1. The SMILES string of the molecule is CCOC(=O)Nc1cc(C(C)(C)C)cc(C)c1OC(=O)C(C)(C)C. The molecule has 0 radical (unpaired) electrons. The van der Waals surface area contributed by atoms with E-state index in [0.29, 0.717) is 11.4 Å². The molecule has 0 aliphatic carbocycles. The summed E-state index contributed by atoms with van der Waals surface area (Å²) in [5.74, 6) is -0.00278. The first-order valence-electron chi connectivity index (χ1n) is 8.17. The zero-order valence-corrected chi connectivity index (χ0v) is 16.0. The van der Waals surface area contributed by atoms with Crippen LogP contribution in [-0.2, 0) is 14.9 Å². The standard InChI is InChI=1S/C19H29NO4/c1-9-23-17(22)20-14-11-13(18(3,4)5)10-12(2)15(14)24-16(21)19(6,7)8/h10-11H,9H2,1-8H3,(H,20,22). The van der Waals surface area contributed by atoms with E-state index in [-0.39, 0.29) is 18.0 Å². The molecule has 0 aliphatic rings. The van der Waals surface area contributed by atoms with Crippen LogP contribution >= 0.6 is 0 Å². The number of carbonyl (C=O) groups is 2. The van der Waals surface area contributed by atoms with Crippen molar-refractivity contribution in [3.05, 3.63) is 23.3 Å². The van der Waals surface area contributed by atoms with Gasteiger partial charge in [0.25, 0.3) is 0 Å². The molecule has 1 amide bonds. The average molecular weight is 335 g/mol. The van der Waals surface area contributed by atoms with E-state index in [2.05, 4.69) is 26.1 Å². The molecule has 134 valence electrons. The van der Waals surface area contributed by atoms with E-state index in [9.17, 15) is 9.59 Å². The molecule has 0 aromatic heterocycles. The first-order valence-corrected chi connectivity index (χ1v) is 8.17. The maximum Gasteiger partial charge on any atom is 0.411 e. The van der Waals surface area contributed by atoms with Crippen molar-refractivity contribution in [2.45, 2.75) is 60.8 Å². The van der Waals surface area contributed by atoms with Gasteiger partial charge < -0.3 is 9.47 Å². The average Bonchev–Trinajstić information content (AvgIpc) is 2.40. The van der Waals surface area contributed by atoms with Gasteiger partial charge in [0, 0.05) is 0 Å². The van der Waals surface area contributed by atoms with Crippen LogP contribution in [0.2, 0.25) is 0 Å². The zero-order chi connectivity index (χ0) is 18.7. The lowest BCUT2D eigenvalue weighted by molar-refractivity contribution is -0.143. The van der Waals surface area contributed by atoms with Gasteiger partial charge in [-0.25, -0.2) is 4.79 Å². The van der Waals surface area contributed by atoms with Crippen molar-refractivity contribution in [1.29, 1.82) is 0 Å². The van der Waals surface area contributed by atoms with Crippen LogP contribution in [0.1, 0.15) is 59.6 Å². The molecule has 0 atom stereocenters. The summed E-state index contributed by atoms with van der Waals surface area (Å²) in [6.07, 6.45) is -0.573. The van der Waals surface area contributed by atoms with Crippen LogP contribution in [0.25, 0.3) is 0 Å². The highest BCUT2D eigenvalue weighted by atomic mass is 16.6. The Kier molecular flexibility index (Phi) is 6.04. The number of esters is 1. The van der Waals surface area contributed by atoms with Gasteiger partial charge in [0.1, 0.15) is 0 Å². The van der Waals surface area contributed by atoms with Crippen molar-refractivity contribution in [2.24, 2.45) is 5.41 Å². The zero-order valence-electron chi connectivity index (χ0n) is 16.0. The summed E-state index contributed by atoms with van der Waals surface area (Å²) < 4.78 is 10.5. The van der Waals surface area contributed by atoms with Crippen molar-refractivity contribution in [2.75, 3.05) is 11.9 Å². The summed E-state index contributed by atoms with van der Waals surface area (Å²) in [6, 6.07) is 3.80. The minimum Gasteiger partial charge on any atom is -0.450 e. The fraction of sp³-hybridized carbons (Fsp3) is 0.579. The topological polar surface area (TPSA) is 64.6 Å². The number of hydrogen-bond donors (Lipinski definition) is 1. The Morgan fingerprint density at radius 1 is 1.08 bits per heavy atom. The van der Waals surface area contributed by atoms with Crippen LogP contribution in [0.3, 0.4) is 0 Å². The molecule has 1 N–H and O–H groups in total. The number of nitrogens with one attached hydrogen (secondary N) is 1. The normalized spacial score (nSPS) is 11.8. The highest BCUT2D eigenvalue weighted by Crippen LogP contribution is 2.36. The third kappa shape index (κ3) is 5.25. The summed E-state index contributed by atoms with van der Waals surface area (Å²) in [4.78, 5) is 24.1. The van der Waals surface area contributed by atoms with Gasteiger partial charge >= 0.3 is 12.1 Å². The van der Waals surface area contributed by atoms with Gasteiger partial charge in [-0.1, -0.05) is 26.8 Å². The number of ether oxygens (including phenoxy) is 2. The smallest absolute Gasteiger partial charge is 0.411 e. The number of anilines is 1. The van der Waals surface area contributed by atoms with Crippen LogP contribution in [0, 0.1) is 12.3 Å². The minimum absolute atomic E-state index is 0.109. The fourth-order valence-electron chi connectivity index (χ4n) is 1.96.